The number of benzene rings is 2. The Hall–Kier alpha value is -2.98. The van der Waals surface area contributed by atoms with Crippen molar-refractivity contribution in [2.75, 3.05) is 4.72 Å². The highest BCUT2D eigenvalue weighted by atomic mass is 35.5. The zero-order chi connectivity index (χ0) is 23.0. The van der Waals surface area contributed by atoms with E-state index in [1.165, 1.54) is 42.0 Å². The zero-order valence-electron chi connectivity index (χ0n) is 18.6. The number of aromatic nitrogens is 2. The van der Waals surface area contributed by atoms with Gasteiger partial charge in [0.05, 0.1) is 16.3 Å². The molecule has 0 radical (unpaired) electrons. The Balaban J connectivity index is 0.00000204. The van der Waals surface area contributed by atoms with E-state index in [4.69, 9.17) is 11.6 Å². The van der Waals surface area contributed by atoms with Crippen molar-refractivity contribution in [3.05, 3.63) is 88.2 Å². The normalized spacial score (nSPS) is 11.0. The summed E-state index contributed by atoms with van der Waals surface area (Å²) in [6.45, 7) is 6.37. The molecule has 2 aromatic carbocycles. The topological polar surface area (TPSA) is 121 Å². The first-order valence-electron chi connectivity index (χ1n) is 9.84. The summed E-state index contributed by atoms with van der Waals surface area (Å²) in [7, 11) is 0. The maximum Gasteiger partial charge on any atom is 0.201 e. The molecule has 0 spiro atoms. The summed E-state index contributed by atoms with van der Waals surface area (Å²) in [6.07, 6.45) is 2.80. The lowest BCUT2D eigenvalue weighted by atomic mass is 9.87. The molecule has 2 aromatic heterocycles. The average molecular weight is 508 g/mol. The maximum atomic E-state index is 15.2. The van der Waals surface area contributed by atoms with Crippen molar-refractivity contribution in [3.8, 4) is 0 Å². The number of nitrogens with one attached hydrogen (secondary N) is 2. The predicted octanol–water partition coefficient (Wildman–Crippen LogP) is 5.49. The van der Waals surface area contributed by atoms with Crippen LogP contribution in [0.1, 0.15) is 42.3 Å². The molecule has 0 fully saturated rings. The lowest BCUT2D eigenvalue weighted by molar-refractivity contribution is 0.103. The molecule has 0 aliphatic carbocycles. The number of anilines is 1. The van der Waals surface area contributed by atoms with Crippen LogP contribution in [0.15, 0.2) is 59.8 Å². The van der Waals surface area contributed by atoms with Gasteiger partial charge >= 0.3 is 0 Å². The number of halogens is 3. The van der Waals surface area contributed by atoms with E-state index in [1.54, 1.807) is 0 Å². The third-order valence-electron chi connectivity index (χ3n) is 5.06. The minimum absolute atomic E-state index is 0. The van der Waals surface area contributed by atoms with E-state index < -0.39 is 23.0 Å². The fourth-order valence-corrected chi connectivity index (χ4v) is 4.09. The van der Waals surface area contributed by atoms with Gasteiger partial charge in [0, 0.05) is 28.2 Å². The molecule has 6 nitrogen and oxygen atoms in total. The standard InChI is InChI=1S/C24H20ClF2N3OS.2H2O/c1-24(2,3)13-4-6-15(7-5-13)32-30-19-9-8-18(26)20(21(19)27)22(31)17-12-29-23-16(17)10-14(25)11-28-23;;/h4-12,30H,1-3H3,(H,28,29);2*1H2. The van der Waals surface area contributed by atoms with E-state index in [-0.39, 0.29) is 27.6 Å². The van der Waals surface area contributed by atoms with Gasteiger partial charge in [-0.15, -0.1) is 0 Å². The zero-order valence-corrected chi connectivity index (χ0v) is 20.2. The maximum absolute atomic E-state index is 15.2. The number of nitrogens with zero attached hydrogens (tertiary/aromatic N) is 1. The SMILES string of the molecule is CC(C)(C)c1ccc(SNc2ccc(F)c(C(=O)c3c[nH]c4ncc(Cl)cc34)c2F)cc1.O.O. The summed E-state index contributed by atoms with van der Waals surface area (Å²) >= 11 is 7.15. The van der Waals surface area contributed by atoms with E-state index in [2.05, 4.69) is 35.5 Å². The number of aromatic amines is 1. The number of carbonyl (C=O) groups is 1. The van der Waals surface area contributed by atoms with Gasteiger partial charge in [-0.1, -0.05) is 44.5 Å². The first-order chi connectivity index (χ1) is 15.1. The van der Waals surface area contributed by atoms with Crippen LogP contribution in [0.5, 0.6) is 0 Å². The molecule has 4 aromatic rings. The van der Waals surface area contributed by atoms with E-state index in [9.17, 15) is 9.18 Å². The van der Waals surface area contributed by atoms with Gasteiger partial charge in [0.1, 0.15) is 11.5 Å². The van der Waals surface area contributed by atoms with Crippen LogP contribution in [0.4, 0.5) is 14.5 Å². The Morgan fingerprint density at radius 2 is 1.76 bits per heavy atom. The van der Waals surface area contributed by atoms with Crippen LogP contribution in [0.3, 0.4) is 0 Å². The summed E-state index contributed by atoms with van der Waals surface area (Å²) < 4.78 is 32.6. The van der Waals surface area contributed by atoms with E-state index in [0.29, 0.717) is 16.1 Å². The summed E-state index contributed by atoms with van der Waals surface area (Å²) in [5.41, 5.74) is 1.07. The molecule has 6 N–H and O–H groups in total. The van der Waals surface area contributed by atoms with E-state index >= 15 is 4.39 Å². The summed E-state index contributed by atoms with van der Waals surface area (Å²) in [5, 5.41) is 0.712. The summed E-state index contributed by atoms with van der Waals surface area (Å²) in [6, 6.07) is 11.7. The van der Waals surface area contributed by atoms with Gasteiger partial charge in [0.25, 0.3) is 0 Å². The minimum atomic E-state index is -0.960. The van der Waals surface area contributed by atoms with Gasteiger partial charge in [-0.2, -0.15) is 0 Å². The number of rotatable bonds is 5. The number of ketones is 1. The van der Waals surface area contributed by atoms with Gasteiger partial charge in [-0.05, 0) is 53.3 Å². The number of hydrogen-bond acceptors (Lipinski definition) is 4. The molecule has 0 amide bonds. The van der Waals surface area contributed by atoms with Gasteiger partial charge in [0.2, 0.25) is 5.78 Å². The Kier molecular flexibility index (Phi) is 8.44. The number of pyridine rings is 1. The van der Waals surface area contributed by atoms with Crippen molar-refractivity contribution in [2.24, 2.45) is 0 Å². The van der Waals surface area contributed by atoms with Crippen molar-refractivity contribution in [2.45, 2.75) is 31.1 Å². The first kappa shape index (κ1) is 27.3. The summed E-state index contributed by atoms with van der Waals surface area (Å²) in [5.74, 6) is -2.70. The largest absolute Gasteiger partial charge is 0.412 e. The van der Waals surface area contributed by atoms with Crippen molar-refractivity contribution >= 4 is 46.1 Å². The van der Waals surface area contributed by atoms with Crippen LogP contribution in [-0.2, 0) is 5.41 Å². The molecule has 180 valence electrons. The van der Waals surface area contributed by atoms with E-state index in [1.807, 2.05) is 24.3 Å². The molecule has 10 heteroatoms. The van der Waals surface area contributed by atoms with E-state index in [0.717, 1.165) is 11.0 Å². The van der Waals surface area contributed by atoms with Crippen LogP contribution in [-0.4, -0.2) is 26.7 Å². The first-order valence-corrected chi connectivity index (χ1v) is 11.0. The van der Waals surface area contributed by atoms with Gasteiger partial charge in [-0.25, -0.2) is 13.8 Å². The lowest BCUT2D eigenvalue weighted by Gasteiger charge is -2.19. The Morgan fingerprint density at radius 3 is 2.41 bits per heavy atom. The number of carbonyl (C=O) groups excluding carboxylic acids is 1. The average Bonchev–Trinajstić information content (AvgIpc) is 3.16. The minimum Gasteiger partial charge on any atom is -0.412 e. The smallest absolute Gasteiger partial charge is 0.201 e. The van der Waals surface area contributed by atoms with Crippen LogP contribution in [0.25, 0.3) is 11.0 Å². The Labute approximate surface area is 204 Å². The van der Waals surface area contributed by atoms with Crippen molar-refractivity contribution in [1.29, 1.82) is 0 Å². The highest BCUT2D eigenvalue weighted by Crippen LogP contribution is 2.31. The van der Waals surface area contributed by atoms with Gasteiger partial charge < -0.3 is 20.7 Å². The second-order valence-corrected chi connectivity index (χ2v) is 9.66. The van der Waals surface area contributed by atoms with Crippen LogP contribution >= 0.6 is 23.5 Å². The second-order valence-electron chi connectivity index (χ2n) is 8.34. The van der Waals surface area contributed by atoms with Gasteiger partial charge in [-0.3, -0.25) is 4.79 Å². The molecular formula is C24H24ClF2N3O3S. The third kappa shape index (κ3) is 5.39. The fourth-order valence-electron chi connectivity index (χ4n) is 3.28. The Bertz CT molecular complexity index is 1320. The number of fused-ring (bicyclic) bond motifs is 1. The molecular weight excluding hydrogens is 484 g/mol. The van der Waals surface area contributed by atoms with Gasteiger partial charge in [0.15, 0.2) is 5.82 Å². The van der Waals surface area contributed by atoms with Crippen LogP contribution in [0, 0.1) is 11.6 Å². The third-order valence-corrected chi connectivity index (χ3v) is 6.10. The molecule has 0 saturated carbocycles. The second kappa shape index (κ2) is 10.5. The predicted molar refractivity (Wildman–Crippen MR) is 133 cm³/mol. The number of hydrogen-bond donors (Lipinski definition) is 2. The lowest BCUT2D eigenvalue weighted by Crippen LogP contribution is -2.10. The molecule has 2 heterocycles. The molecule has 0 saturated heterocycles. The van der Waals surface area contributed by atoms with Crippen molar-refractivity contribution in [3.63, 3.8) is 0 Å². The van der Waals surface area contributed by atoms with Crippen molar-refractivity contribution in [1.82, 2.24) is 9.97 Å². The quantitative estimate of drug-likeness (QED) is 0.274. The molecule has 0 aliphatic rings. The van der Waals surface area contributed by atoms with Crippen molar-refractivity contribution < 1.29 is 24.5 Å². The molecule has 4 rings (SSSR count). The molecule has 34 heavy (non-hydrogen) atoms. The Morgan fingerprint density at radius 1 is 1.09 bits per heavy atom. The highest BCUT2D eigenvalue weighted by molar-refractivity contribution is 8.00. The summed E-state index contributed by atoms with van der Waals surface area (Å²) in [4.78, 5) is 20.8. The molecule has 0 atom stereocenters. The highest BCUT2D eigenvalue weighted by Gasteiger charge is 2.24. The molecule has 0 bridgehead atoms. The number of H-pyrrole nitrogens is 1. The van der Waals surface area contributed by atoms with Crippen LogP contribution in [0.2, 0.25) is 5.02 Å². The molecule has 0 aliphatic heterocycles. The monoisotopic (exact) mass is 507 g/mol. The fraction of sp³-hybridized carbons (Fsp3) is 0.167. The van der Waals surface area contributed by atoms with Crippen LogP contribution < -0.4 is 4.72 Å². The molecule has 0 unspecified atom stereocenters.